The molecular weight excluding hydrogens is 348 g/mol. The van der Waals surface area contributed by atoms with Crippen LogP contribution < -0.4 is 0 Å². The predicted octanol–water partition coefficient (Wildman–Crippen LogP) is 4.10. The molecule has 0 fully saturated rings. The number of amides is 1. The zero-order chi connectivity index (χ0) is 20.1. The minimum atomic E-state index is -0.716. The van der Waals surface area contributed by atoms with E-state index in [9.17, 15) is 24.8 Å². The van der Waals surface area contributed by atoms with Crippen molar-refractivity contribution >= 4 is 17.4 Å². The molecule has 27 heavy (non-hydrogen) atoms. The molecule has 1 amide bonds. The fourth-order valence-corrected chi connectivity index (χ4v) is 3.52. The van der Waals surface area contributed by atoms with Crippen molar-refractivity contribution < 1.29 is 19.6 Å². The minimum Gasteiger partial charge on any atom is -0.503 e. The number of Topliss-reactive ketones (excluding diaryl/α,β-unsaturated/α-hetero) is 1. The number of nitrogens with zero attached hydrogens (tertiary/aromatic N) is 2. The molecule has 2 atom stereocenters. The van der Waals surface area contributed by atoms with Gasteiger partial charge in [-0.2, -0.15) is 0 Å². The average molecular weight is 374 g/mol. The maximum Gasteiger partial charge on any atom is 0.290 e. The molecule has 1 aromatic carbocycles. The average Bonchev–Trinajstić information content (AvgIpc) is 2.89. The van der Waals surface area contributed by atoms with Crippen molar-refractivity contribution in [1.82, 2.24) is 4.90 Å². The monoisotopic (exact) mass is 374 g/mol. The predicted molar refractivity (Wildman–Crippen MR) is 101 cm³/mol. The van der Waals surface area contributed by atoms with Crippen molar-refractivity contribution in [3.63, 3.8) is 0 Å². The fraction of sp³-hybridized carbons (Fsp3) is 0.500. The third kappa shape index (κ3) is 4.35. The highest BCUT2D eigenvalue weighted by Gasteiger charge is 2.42. The van der Waals surface area contributed by atoms with Crippen LogP contribution in [0.15, 0.2) is 35.6 Å². The molecule has 1 aromatic rings. The van der Waals surface area contributed by atoms with Crippen LogP contribution in [0.4, 0.5) is 5.69 Å². The van der Waals surface area contributed by atoms with Crippen LogP contribution in [0, 0.1) is 16.0 Å². The maximum atomic E-state index is 12.7. The Kier molecular flexibility index (Phi) is 6.71. The van der Waals surface area contributed by atoms with E-state index in [1.54, 1.807) is 0 Å². The van der Waals surface area contributed by atoms with E-state index in [1.165, 1.54) is 36.1 Å². The maximum absolute atomic E-state index is 12.7. The molecule has 1 aliphatic heterocycles. The molecule has 7 heteroatoms. The molecule has 0 saturated carbocycles. The lowest BCUT2D eigenvalue weighted by Gasteiger charge is -2.30. The zero-order valence-electron chi connectivity index (χ0n) is 16.0. The number of hydrogen-bond acceptors (Lipinski definition) is 5. The van der Waals surface area contributed by atoms with Crippen LogP contribution in [0.2, 0.25) is 0 Å². The van der Waals surface area contributed by atoms with E-state index >= 15 is 0 Å². The number of aliphatic hydroxyl groups excluding tert-OH is 1. The Morgan fingerprint density at radius 3 is 2.41 bits per heavy atom. The van der Waals surface area contributed by atoms with Crippen molar-refractivity contribution in [3.8, 4) is 0 Å². The number of nitro groups is 1. The fourth-order valence-electron chi connectivity index (χ4n) is 3.52. The molecular formula is C20H26N2O5. The van der Waals surface area contributed by atoms with Gasteiger partial charge in [-0.3, -0.25) is 19.7 Å². The number of unbranched alkanes of at least 4 members (excludes halogenated alkanes) is 1. The number of non-ortho nitro benzene ring substituents is 1. The van der Waals surface area contributed by atoms with Gasteiger partial charge in [0.2, 0.25) is 0 Å². The highest BCUT2D eigenvalue weighted by molar-refractivity contribution is 6.08. The Balaban J connectivity index is 2.40. The summed E-state index contributed by atoms with van der Waals surface area (Å²) in [4.78, 5) is 36.7. The summed E-state index contributed by atoms with van der Waals surface area (Å²) in [5, 5.41) is 21.2. The largest absolute Gasteiger partial charge is 0.503 e. The molecule has 0 unspecified atom stereocenters. The number of carbonyl (C=O) groups is 2. The van der Waals surface area contributed by atoms with Gasteiger partial charge in [0.1, 0.15) is 0 Å². The summed E-state index contributed by atoms with van der Waals surface area (Å²) in [6, 6.07) is 5.06. The second-order valence-corrected chi connectivity index (χ2v) is 6.94. The van der Waals surface area contributed by atoms with Gasteiger partial charge in [-0.15, -0.1) is 0 Å². The van der Waals surface area contributed by atoms with E-state index < -0.39 is 22.6 Å². The number of benzene rings is 1. The lowest BCUT2D eigenvalue weighted by atomic mass is 9.94. The molecule has 2 rings (SSSR count). The van der Waals surface area contributed by atoms with Gasteiger partial charge in [-0.1, -0.05) is 33.1 Å². The third-order valence-corrected chi connectivity index (χ3v) is 5.10. The van der Waals surface area contributed by atoms with Crippen LogP contribution in [0.1, 0.15) is 58.1 Å². The molecule has 1 N–H and O–H groups in total. The molecule has 1 heterocycles. The number of nitro benzene ring substituents is 1. The number of hydrogen-bond donors (Lipinski definition) is 1. The van der Waals surface area contributed by atoms with E-state index in [2.05, 4.69) is 13.8 Å². The van der Waals surface area contributed by atoms with Gasteiger partial charge in [0.05, 0.1) is 16.5 Å². The van der Waals surface area contributed by atoms with E-state index in [-0.39, 0.29) is 23.0 Å². The van der Waals surface area contributed by atoms with E-state index in [0.29, 0.717) is 12.1 Å². The third-order valence-electron chi connectivity index (χ3n) is 5.10. The van der Waals surface area contributed by atoms with Gasteiger partial charge >= 0.3 is 0 Å². The lowest BCUT2D eigenvalue weighted by molar-refractivity contribution is -0.384. The van der Waals surface area contributed by atoms with Crippen LogP contribution in [0.3, 0.4) is 0 Å². The topological polar surface area (TPSA) is 101 Å². The summed E-state index contributed by atoms with van der Waals surface area (Å²) in [5.41, 5.74) is 0.564. The van der Waals surface area contributed by atoms with Crippen LogP contribution in [-0.4, -0.2) is 33.2 Å². The minimum absolute atomic E-state index is 0.0548. The molecule has 0 saturated heterocycles. The second kappa shape index (κ2) is 8.79. The Morgan fingerprint density at radius 1 is 1.30 bits per heavy atom. The van der Waals surface area contributed by atoms with Gasteiger partial charge < -0.3 is 10.0 Å². The first-order valence-electron chi connectivity index (χ1n) is 9.31. The molecule has 0 aromatic heterocycles. The van der Waals surface area contributed by atoms with Crippen molar-refractivity contribution in [2.75, 3.05) is 6.54 Å². The zero-order valence-corrected chi connectivity index (χ0v) is 16.0. The first-order chi connectivity index (χ1) is 12.8. The van der Waals surface area contributed by atoms with E-state index in [4.69, 9.17) is 0 Å². The Bertz CT molecular complexity index is 754. The summed E-state index contributed by atoms with van der Waals surface area (Å²) < 4.78 is 0. The lowest BCUT2D eigenvalue weighted by Crippen LogP contribution is -2.35. The normalized spacial score (nSPS) is 18.1. The van der Waals surface area contributed by atoms with Gasteiger partial charge in [0.15, 0.2) is 11.5 Å². The molecule has 0 spiro atoms. The number of ketones is 1. The van der Waals surface area contributed by atoms with Crippen LogP contribution in [0.25, 0.3) is 0 Å². The number of aliphatic hydroxyl groups is 1. The van der Waals surface area contributed by atoms with E-state index in [0.717, 1.165) is 25.7 Å². The van der Waals surface area contributed by atoms with Gasteiger partial charge in [0, 0.05) is 18.7 Å². The standard InChI is InChI=1S/C20H26N2O5/c1-4-6-7-14(5-2)12-21-18(17(13(3)23)19(24)20(21)25)15-8-10-16(11-9-15)22(26)27/h8-11,14,18,24H,4-7,12H2,1-3H3/t14-,18+/m0/s1. The quantitative estimate of drug-likeness (QED) is 0.518. The number of rotatable bonds is 9. The van der Waals surface area contributed by atoms with Crippen LogP contribution >= 0.6 is 0 Å². The Hall–Kier alpha value is -2.70. The Morgan fingerprint density at radius 2 is 1.93 bits per heavy atom. The summed E-state index contributed by atoms with van der Waals surface area (Å²) in [6.07, 6.45) is 3.94. The second-order valence-electron chi connectivity index (χ2n) is 6.94. The van der Waals surface area contributed by atoms with E-state index in [1.807, 2.05) is 0 Å². The number of carbonyl (C=O) groups excluding carboxylic acids is 2. The SMILES string of the molecule is CCCC[C@H](CC)CN1C(=O)C(O)=C(C(C)=O)[C@H]1c1ccc([N+](=O)[O-])cc1. The first kappa shape index (κ1) is 20.6. The Labute approximate surface area is 158 Å². The highest BCUT2D eigenvalue weighted by Crippen LogP contribution is 2.39. The first-order valence-corrected chi connectivity index (χ1v) is 9.31. The van der Waals surface area contributed by atoms with Gasteiger partial charge in [0.25, 0.3) is 11.6 Å². The molecule has 0 radical (unpaired) electrons. The van der Waals surface area contributed by atoms with Crippen LogP contribution in [0.5, 0.6) is 0 Å². The smallest absolute Gasteiger partial charge is 0.290 e. The van der Waals surface area contributed by atoms with Crippen LogP contribution in [-0.2, 0) is 9.59 Å². The molecule has 0 aliphatic carbocycles. The van der Waals surface area contributed by atoms with Crippen molar-refractivity contribution in [2.45, 2.75) is 52.5 Å². The van der Waals surface area contributed by atoms with Crippen molar-refractivity contribution in [2.24, 2.45) is 5.92 Å². The molecule has 1 aliphatic rings. The van der Waals surface area contributed by atoms with Gasteiger partial charge in [-0.05, 0) is 37.0 Å². The highest BCUT2D eigenvalue weighted by atomic mass is 16.6. The van der Waals surface area contributed by atoms with Gasteiger partial charge in [-0.25, -0.2) is 0 Å². The molecule has 0 bridgehead atoms. The van der Waals surface area contributed by atoms with Crippen molar-refractivity contribution in [1.29, 1.82) is 0 Å². The summed E-state index contributed by atoms with van der Waals surface area (Å²) >= 11 is 0. The summed E-state index contributed by atoms with van der Waals surface area (Å²) in [7, 11) is 0. The van der Waals surface area contributed by atoms with Crippen molar-refractivity contribution in [3.05, 3.63) is 51.3 Å². The molecule has 146 valence electrons. The molecule has 7 nitrogen and oxygen atoms in total. The summed E-state index contributed by atoms with van der Waals surface area (Å²) in [6.45, 7) is 5.91. The summed E-state index contributed by atoms with van der Waals surface area (Å²) in [5.74, 6) is -1.20.